The van der Waals surface area contributed by atoms with E-state index >= 15 is 0 Å². The maximum atomic E-state index is 11.7. The Bertz CT molecular complexity index is 430. The lowest BCUT2D eigenvalue weighted by molar-refractivity contribution is -0.126. The number of benzene rings is 1. The van der Waals surface area contributed by atoms with Gasteiger partial charge in [-0.2, -0.15) is 0 Å². The highest BCUT2D eigenvalue weighted by Gasteiger charge is 2.33. The standard InChI is InChI=1S/C14H18ClNO2/c1-14(9-18-10-14)8-16-13(17)7-6-11-4-2-3-5-12(11)15/h2-5H,6-10H2,1H3,(H,16,17). The topological polar surface area (TPSA) is 38.3 Å². The lowest BCUT2D eigenvalue weighted by Crippen LogP contribution is -2.48. The number of ether oxygens (including phenoxy) is 1. The summed E-state index contributed by atoms with van der Waals surface area (Å²) in [4.78, 5) is 11.7. The van der Waals surface area contributed by atoms with Crippen LogP contribution in [0, 0.1) is 5.41 Å². The van der Waals surface area contributed by atoms with E-state index in [0.717, 1.165) is 23.8 Å². The number of halogens is 1. The van der Waals surface area contributed by atoms with E-state index in [1.807, 2.05) is 24.3 Å². The molecule has 0 radical (unpaired) electrons. The predicted octanol–water partition coefficient (Wildman–Crippen LogP) is 2.43. The van der Waals surface area contributed by atoms with Crippen LogP contribution in [0.5, 0.6) is 0 Å². The van der Waals surface area contributed by atoms with Gasteiger partial charge in [0.15, 0.2) is 0 Å². The Labute approximate surface area is 112 Å². The predicted molar refractivity (Wildman–Crippen MR) is 71.7 cm³/mol. The number of hydrogen-bond acceptors (Lipinski definition) is 2. The molecule has 98 valence electrons. The van der Waals surface area contributed by atoms with Crippen molar-refractivity contribution in [3.05, 3.63) is 34.9 Å². The van der Waals surface area contributed by atoms with Gasteiger partial charge in [-0.15, -0.1) is 0 Å². The molecular weight excluding hydrogens is 250 g/mol. The van der Waals surface area contributed by atoms with Gasteiger partial charge in [-0.1, -0.05) is 36.7 Å². The van der Waals surface area contributed by atoms with E-state index in [0.29, 0.717) is 19.4 Å². The molecule has 2 rings (SSSR count). The molecule has 1 amide bonds. The van der Waals surface area contributed by atoms with E-state index in [9.17, 15) is 4.79 Å². The van der Waals surface area contributed by atoms with Gasteiger partial charge in [-0.3, -0.25) is 4.79 Å². The van der Waals surface area contributed by atoms with Crippen molar-refractivity contribution in [2.24, 2.45) is 5.41 Å². The van der Waals surface area contributed by atoms with Crippen LogP contribution in [0.1, 0.15) is 18.9 Å². The van der Waals surface area contributed by atoms with Crippen molar-refractivity contribution in [1.29, 1.82) is 0 Å². The van der Waals surface area contributed by atoms with E-state index in [-0.39, 0.29) is 11.3 Å². The molecule has 4 heteroatoms. The van der Waals surface area contributed by atoms with Gasteiger partial charge in [-0.05, 0) is 18.1 Å². The second-order valence-electron chi connectivity index (χ2n) is 5.17. The second kappa shape index (κ2) is 5.72. The summed E-state index contributed by atoms with van der Waals surface area (Å²) in [5, 5.41) is 3.68. The van der Waals surface area contributed by atoms with Gasteiger partial charge in [0.2, 0.25) is 5.91 Å². The van der Waals surface area contributed by atoms with Gasteiger partial charge in [0, 0.05) is 23.4 Å². The van der Waals surface area contributed by atoms with Crippen molar-refractivity contribution in [3.8, 4) is 0 Å². The van der Waals surface area contributed by atoms with Crippen molar-refractivity contribution in [2.45, 2.75) is 19.8 Å². The Morgan fingerprint density at radius 3 is 2.78 bits per heavy atom. The first-order valence-corrected chi connectivity index (χ1v) is 6.55. The molecule has 18 heavy (non-hydrogen) atoms. The number of hydrogen-bond donors (Lipinski definition) is 1. The van der Waals surface area contributed by atoms with Gasteiger partial charge < -0.3 is 10.1 Å². The quantitative estimate of drug-likeness (QED) is 0.890. The van der Waals surface area contributed by atoms with E-state index in [1.54, 1.807) is 0 Å². The van der Waals surface area contributed by atoms with Crippen molar-refractivity contribution >= 4 is 17.5 Å². The van der Waals surface area contributed by atoms with Crippen LogP contribution in [0.4, 0.5) is 0 Å². The van der Waals surface area contributed by atoms with Gasteiger partial charge in [0.25, 0.3) is 0 Å². The minimum atomic E-state index is 0.0723. The SMILES string of the molecule is CC1(CNC(=O)CCc2ccccc2Cl)COC1. The highest BCUT2D eigenvalue weighted by atomic mass is 35.5. The van der Waals surface area contributed by atoms with E-state index in [4.69, 9.17) is 16.3 Å². The maximum Gasteiger partial charge on any atom is 0.220 e. The fourth-order valence-electron chi connectivity index (χ4n) is 1.90. The molecule has 1 saturated heterocycles. The van der Waals surface area contributed by atoms with E-state index in [2.05, 4.69) is 12.2 Å². The lowest BCUT2D eigenvalue weighted by Gasteiger charge is -2.38. The summed E-state index contributed by atoms with van der Waals surface area (Å²) in [5.74, 6) is 0.0723. The first kappa shape index (κ1) is 13.4. The molecule has 0 aliphatic carbocycles. The number of nitrogens with one attached hydrogen (secondary N) is 1. The summed E-state index contributed by atoms with van der Waals surface area (Å²) in [5.41, 5.74) is 1.15. The third-order valence-corrected chi connectivity index (χ3v) is 3.56. The average Bonchev–Trinajstić information content (AvgIpc) is 2.33. The Kier molecular flexibility index (Phi) is 4.25. The number of carbonyl (C=O) groups excluding carboxylic acids is 1. The highest BCUT2D eigenvalue weighted by molar-refractivity contribution is 6.31. The van der Waals surface area contributed by atoms with E-state index < -0.39 is 0 Å². The molecule has 1 aliphatic rings. The number of rotatable bonds is 5. The summed E-state index contributed by atoms with van der Waals surface area (Å²) in [6.07, 6.45) is 1.15. The summed E-state index contributed by atoms with van der Waals surface area (Å²) in [7, 11) is 0. The van der Waals surface area contributed by atoms with Crippen LogP contribution in [0.15, 0.2) is 24.3 Å². The summed E-state index contributed by atoms with van der Waals surface area (Å²) in [6.45, 7) is 4.27. The molecule has 0 aromatic heterocycles. The van der Waals surface area contributed by atoms with Crippen molar-refractivity contribution in [1.82, 2.24) is 5.32 Å². The Morgan fingerprint density at radius 2 is 2.17 bits per heavy atom. The highest BCUT2D eigenvalue weighted by Crippen LogP contribution is 2.25. The van der Waals surface area contributed by atoms with Crippen molar-refractivity contribution in [3.63, 3.8) is 0 Å². The van der Waals surface area contributed by atoms with Crippen LogP contribution < -0.4 is 5.32 Å². The summed E-state index contributed by atoms with van der Waals surface area (Å²) >= 11 is 6.04. The van der Waals surface area contributed by atoms with Gasteiger partial charge in [0.1, 0.15) is 0 Å². The third-order valence-electron chi connectivity index (χ3n) is 3.19. The summed E-state index contributed by atoms with van der Waals surface area (Å²) in [6, 6.07) is 7.63. The normalized spacial score (nSPS) is 17.0. The number of carbonyl (C=O) groups is 1. The van der Waals surface area contributed by atoms with Crippen LogP contribution in [-0.4, -0.2) is 25.7 Å². The molecule has 1 fully saturated rings. The fraction of sp³-hybridized carbons (Fsp3) is 0.500. The molecule has 1 aromatic rings. The van der Waals surface area contributed by atoms with Crippen LogP contribution >= 0.6 is 11.6 Å². The smallest absolute Gasteiger partial charge is 0.220 e. The van der Waals surface area contributed by atoms with Crippen LogP contribution in [0.2, 0.25) is 5.02 Å². The second-order valence-corrected chi connectivity index (χ2v) is 5.58. The zero-order valence-electron chi connectivity index (χ0n) is 10.5. The number of aryl methyl sites for hydroxylation is 1. The third kappa shape index (κ3) is 3.47. The zero-order valence-corrected chi connectivity index (χ0v) is 11.3. The van der Waals surface area contributed by atoms with Crippen LogP contribution in [0.25, 0.3) is 0 Å². The molecule has 1 aliphatic heterocycles. The first-order valence-electron chi connectivity index (χ1n) is 6.17. The first-order chi connectivity index (χ1) is 8.59. The monoisotopic (exact) mass is 267 g/mol. The molecule has 0 bridgehead atoms. The van der Waals surface area contributed by atoms with Crippen molar-refractivity contribution < 1.29 is 9.53 Å². The van der Waals surface area contributed by atoms with E-state index in [1.165, 1.54) is 0 Å². The molecule has 0 unspecified atom stereocenters. The Balaban J connectivity index is 1.73. The molecule has 1 N–H and O–H groups in total. The molecule has 0 spiro atoms. The average molecular weight is 268 g/mol. The van der Waals surface area contributed by atoms with Crippen LogP contribution in [-0.2, 0) is 16.0 Å². The molecule has 0 atom stereocenters. The largest absolute Gasteiger partial charge is 0.380 e. The molecule has 1 aromatic carbocycles. The number of amides is 1. The minimum Gasteiger partial charge on any atom is -0.380 e. The fourth-order valence-corrected chi connectivity index (χ4v) is 2.13. The Morgan fingerprint density at radius 1 is 1.44 bits per heavy atom. The van der Waals surface area contributed by atoms with Crippen molar-refractivity contribution in [2.75, 3.05) is 19.8 Å². The molecular formula is C14H18ClNO2. The molecule has 1 heterocycles. The summed E-state index contributed by atoms with van der Waals surface area (Å²) < 4.78 is 5.15. The van der Waals surface area contributed by atoms with Crippen LogP contribution in [0.3, 0.4) is 0 Å². The maximum absolute atomic E-state index is 11.7. The van der Waals surface area contributed by atoms with Gasteiger partial charge in [0.05, 0.1) is 13.2 Å². The minimum absolute atomic E-state index is 0.0723. The molecule has 0 saturated carbocycles. The zero-order chi connectivity index (χ0) is 13.0. The van der Waals surface area contributed by atoms with Gasteiger partial charge in [-0.25, -0.2) is 0 Å². The Hall–Kier alpha value is -1.06. The molecule has 3 nitrogen and oxygen atoms in total. The lowest BCUT2D eigenvalue weighted by atomic mass is 9.89. The van der Waals surface area contributed by atoms with Gasteiger partial charge >= 0.3 is 0 Å².